The van der Waals surface area contributed by atoms with Crippen LogP contribution in [0.5, 0.6) is 5.75 Å². The fourth-order valence-electron chi connectivity index (χ4n) is 3.33. The van der Waals surface area contributed by atoms with Crippen molar-refractivity contribution in [3.8, 4) is 5.75 Å². The Morgan fingerprint density at radius 3 is 2.59 bits per heavy atom. The lowest BCUT2D eigenvalue weighted by molar-refractivity contribution is -0.136. The van der Waals surface area contributed by atoms with E-state index in [2.05, 4.69) is 20.8 Å². The van der Waals surface area contributed by atoms with Crippen molar-refractivity contribution in [2.45, 2.75) is 46.6 Å². The van der Waals surface area contributed by atoms with Crippen LogP contribution in [0.1, 0.15) is 39.3 Å². The van der Waals surface area contributed by atoms with Crippen LogP contribution >= 0.6 is 11.6 Å². The third-order valence-corrected chi connectivity index (χ3v) is 4.78. The van der Waals surface area contributed by atoms with Crippen molar-refractivity contribution < 1.29 is 9.53 Å². The maximum Gasteiger partial charge on any atom is 0.311 e. The topological polar surface area (TPSA) is 44.1 Å². The molecule has 0 bridgehead atoms. The van der Waals surface area contributed by atoms with Crippen LogP contribution in [0.25, 0.3) is 10.9 Å². The minimum absolute atomic E-state index is 0.235. The molecule has 0 fully saturated rings. The van der Waals surface area contributed by atoms with Crippen LogP contribution in [0.15, 0.2) is 48.5 Å². The Bertz CT molecular complexity index is 932. The Morgan fingerprint density at radius 2 is 1.89 bits per heavy atom. The molecule has 142 valence electrons. The first kappa shape index (κ1) is 19.4. The van der Waals surface area contributed by atoms with Gasteiger partial charge in [-0.2, -0.15) is 5.10 Å². The number of carbonyl (C=O) groups is 1. The van der Waals surface area contributed by atoms with Gasteiger partial charge in [0.05, 0.1) is 22.7 Å². The van der Waals surface area contributed by atoms with Crippen molar-refractivity contribution in [2.24, 2.45) is 5.41 Å². The van der Waals surface area contributed by atoms with E-state index in [0.717, 1.165) is 29.6 Å². The summed E-state index contributed by atoms with van der Waals surface area (Å²) < 4.78 is 7.43. The van der Waals surface area contributed by atoms with Crippen molar-refractivity contribution in [2.75, 3.05) is 0 Å². The van der Waals surface area contributed by atoms with Crippen molar-refractivity contribution in [1.29, 1.82) is 0 Å². The molecular weight excluding hydrogens is 360 g/mol. The number of nitrogens with zero attached hydrogens (tertiary/aromatic N) is 2. The molecule has 0 aliphatic heterocycles. The van der Waals surface area contributed by atoms with Crippen LogP contribution in [-0.2, 0) is 17.8 Å². The van der Waals surface area contributed by atoms with Crippen LogP contribution < -0.4 is 4.74 Å². The molecule has 0 amide bonds. The second kappa shape index (κ2) is 8.13. The van der Waals surface area contributed by atoms with Crippen LogP contribution in [0.4, 0.5) is 0 Å². The average Bonchev–Trinajstić information content (AvgIpc) is 2.93. The van der Waals surface area contributed by atoms with Gasteiger partial charge < -0.3 is 4.74 Å². The molecular formula is C22H25ClN2O2. The summed E-state index contributed by atoms with van der Waals surface area (Å²) in [4.78, 5) is 12.4. The summed E-state index contributed by atoms with van der Waals surface area (Å²) in [6.07, 6.45) is 1.96. The molecule has 0 spiro atoms. The summed E-state index contributed by atoms with van der Waals surface area (Å²) in [5.74, 6) is 0.337. The lowest BCUT2D eigenvalue weighted by atomic mass is 9.84. The minimum atomic E-state index is -0.285. The summed E-state index contributed by atoms with van der Waals surface area (Å²) in [5.41, 5.74) is 1.66. The van der Waals surface area contributed by atoms with Crippen LogP contribution in [0.3, 0.4) is 0 Å². The van der Waals surface area contributed by atoms with Gasteiger partial charge in [0, 0.05) is 11.9 Å². The quantitative estimate of drug-likeness (QED) is 0.389. The number of ether oxygens (including phenoxy) is 1. The van der Waals surface area contributed by atoms with Gasteiger partial charge in [-0.05, 0) is 36.5 Å². The van der Waals surface area contributed by atoms with Crippen molar-refractivity contribution in [3.05, 3.63) is 59.2 Å². The molecule has 0 saturated heterocycles. The molecule has 0 atom stereocenters. The van der Waals surface area contributed by atoms with Gasteiger partial charge in [-0.15, -0.1) is 0 Å². The van der Waals surface area contributed by atoms with E-state index in [-0.39, 0.29) is 11.4 Å². The highest BCUT2D eigenvalue weighted by Gasteiger charge is 2.27. The maximum absolute atomic E-state index is 12.4. The van der Waals surface area contributed by atoms with E-state index in [1.165, 1.54) is 0 Å². The lowest BCUT2D eigenvalue weighted by Gasteiger charge is -2.22. The van der Waals surface area contributed by atoms with Gasteiger partial charge in [-0.3, -0.25) is 9.48 Å². The summed E-state index contributed by atoms with van der Waals surface area (Å²) in [7, 11) is 0. The molecule has 0 N–H and O–H groups in total. The van der Waals surface area contributed by atoms with E-state index in [1.54, 1.807) is 12.1 Å². The molecule has 1 aromatic heterocycles. The molecule has 2 aromatic carbocycles. The number of hydrogen-bond donors (Lipinski definition) is 0. The second-order valence-electron chi connectivity index (χ2n) is 7.61. The van der Waals surface area contributed by atoms with E-state index in [0.29, 0.717) is 23.6 Å². The van der Waals surface area contributed by atoms with Crippen LogP contribution in [0.2, 0.25) is 5.02 Å². The van der Waals surface area contributed by atoms with Gasteiger partial charge in [0.2, 0.25) is 0 Å². The molecule has 0 unspecified atom stereocenters. The second-order valence-corrected chi connectivity index (χ2v) is 8.02. The molecule has 0 aliphatic rings. The fourth-order valence-corrected chi connectivity index (χ4v) is 3.60. The highest BCUT2D eigenvalue weighted by atomic mass is 35.5. The van der Waals surface area contributed by atoms with Gasteiger partial charge in [0.25, 0.3) is 0 Å². The van der Waals surface area contributed by atoms with Crippen LogP contribution in [-0.4, -0.2) is 15.7 Å². The molecule has 1 heterocycles. The monoisotopic (exact) mass is 384 g/mol. The number of hydrogen-bond acceptors (Lipinski definition) is 3. The predicted molar refractivity (Wildman–Crippen MR) is 109 cm³/mol. The smallest absolute Gasteiger partial charge is 0.311 e. The standard InChI is InChI=1S/C22H25ClN2O2/c1-4-13-25-21-17(11-8-12-18(21)23)19(24-25)14-22(2,3)15-20(26)27-16-9-6-5-7-10-16/h5-12H,4,13-15H2,1-3H3. The Labute approximate surface area is 165 Å². The molecule has 0 saturated carbocycles. The average molecular weight is 385 g/mol. The summed E-state index contributed by atoms with van der Waals surface area (Å²) in [6.45, 7) is 7.06. The van der Waals surface area contributed by atoms with Crippen molar-refractivity contribution in [3.63, 3.8) is 0 Å². The zero-order chi connectivity index (χ0) is 19.4. The van der Waals surface area contributed by atoms with Gasteiger partial charge in [0.15, 0.2) is 0 Å². The van der Waals surface area contributed by atoms with E-state index in [9.17, 15) is 4.79 Å². The number of esters is 1. The molecule has 0 radical (unpaired) electrons. The Balaban J connectivity index is 1.79. The Morgan fingerprint density at radius 1 is 1.15 bits per heavy atom. The van der Waals surface area contributed by atoms with E-state index in [1.807, 2.05) is 41.1 Å². The number of rotatable bonds is 7. The zero-order valence-electron chi connectivity index (χ0n) is 16.0. The Hall–Kier alpha value is -2.33. The van der Waals surface area contributed by atoms with Gasteiger partial charge in [-0.25, -0.2) is 0 Å². The maximum atomic E-state index is 12.4. The van der Waals surface area contributed by atoms with E-state index >= 15 is 0 Å². The third-order valence-electron chi connectivity index (χ3n) is 4.48. The number of carbonyl (C=O) groups excluding carboxylic acids is 1. The molecule has 3 aromatic rings. The fraction of sp³-hybridized carbons (Fsp3) is 0.364. The summed E-state index contributed by atoms with van der Waals surface area (Å²) in [5, 5.41) is 6.56. The van der Waals surface area contributed by atoms with Gasteiger partial charge in [-0.1, -0.05) is 62.7 Å². The highest BCUT2D eigenvalue weighted by molar-refractivity contribution is 6.35. The summed E-state index contributed by atoms with van der Waals surface area (Å²) >= 11 is 6.42. The first-order chi connectivity index (χ1) is 12.9. The van der Waals surface area contributed by atoms with E-state index in [4.69, 9.17) is 21.4 Å². The highest BCUT2D eigenvalue weighted by Crippen LogP contribution is 2.32. The molecule has 5 heteroatoms. The molecule has 3 rings (SSSR count). The minimum Gasteiger partial charge on any atom is -0.427 e. The number of fused-ring (bicyclic) bond motifs is 1. The van der Waals surface area contributed by atoms with Gasteiger partial charge >= 0.3 is 5.97 Å². The first-order valence-electron chi connectivity index (χ1n) is 9.29. The number of aryl methyl sites for hydroxylation is 1. The molecule has 4 nitrogen and oxygen atoms in total. The van der Waals surface area contributed by atoms with E-state index < -0.39 is 0 Å². The third kappa shape index (κ3) is 4.69. The van der Waals surface area contributed by atoms with Crippen molar-refractivity contribution >= 4 is 28.5 Å². The van der Waals surface area contributed by atoms with Gasteiger partial charge in [0.1, 0.15) is 5.75 Å². The first-order valence-corrected chi connectivity index (χ1v) is 9.67. The SMILES string of the molecule is CCCn1nc(CC(C)(C)CC(=O)Oc2ccccc2)c2cccc(Cl)c21. The number of aromatic nitrogens is 2. The molecule has 27 heavy (non-hydrogen) atoms. The molecule has 0 aliphatic carbocycles. The number of benzene rings is 2. The lowest BCUT2D eigenvalue weighted by Crippen LogP contribution is -2.23. The summed E-state index contributed by atoms with van der Waals surface area (Å²) in [6, 6.07) is 15.1. The Kier molecular flexibility index (Phi) is 5.85. The zero-order valence-corrected chi connectivity index (χ0v) is 16.8. The predicted octanol–water partition coefficient (Wildman–Crippen LogP) is 5.66. The van der Waals surface area contributed by atoms with Crippen LogP contribution in [0, 0.1) is 5.41 Å². The number of halogens is 1. The van der Waals surface area contributed by atoms with Crippen molar-refractivity contribution in [1.82, 2.24) is 9.78 Å². The number of para-hydroxylation sites is 2. The largest absolute Gasteiger partial charge is 0.427 e. The normalized spacial score (nSPS) is 11.7.